The Morgan fingerprint density at radius 1 is 1.17 bits per heavy atom. The summed E-state index contributed by atoms with van der Waals surface area (Å²) in [4.78, 5) is 22.3. The number of aliphatic hydroxyl groups excluding tert-OH is 1. The van der Waals surface area contributed by atoms with E-state index in [9.17, 15) is 9.90 Å². The third-order valence-electron chi connectivity index (χ3n) is 6.62. The van der Waals surface area contributed by atoms with Gasteiger partial charge in [0.05, 0.1) is 35.3 Å². The molecule has 0 unspecified atom stereocenters. The molecule has 1 aliphatic carbocycles. The molecule has 29 heavy (non-hydrogen) atoms. The standard InChI is InChI=1S/C23H24N2O3S/c1-10-7-11(2)16(12(3)8-10)18-20(26)17-15-9-13(22(28-15)19(17)21(18)27)14-5-6-24-23(25-14)29-4/h5-8,13,15,17,19,22,27H,9H2,1-4H3/t13-,15-,17-,19+,22+/m0/s1. The first-order valence-electron chi connectivity index (χ1n) is 9.98. The first kappa shape index (κ1) is 18.8. The van der Waals surface area contributed by atoms with Crippen LogP contribution in [0.1, 0.15) is 40.3 Å². The number of allylic oxidation sites excluding steroid dienone is 1. The van der Waals surface area contributed by atoms with Gasteiger partial charge in [0, 0.05) is 12.1 Å². The zero-order valence-corrected chi connectivity index (χ0v) is 17.8. The smallest absolute Gasteiger partial charge is 0.187 e. The molecule has 5 atom stereocenters. The van der Waals surface area contributed by atoms with Gasteiger partial charge in [-0.15, -0.1) is 0 Å². The first-order chi connectivity index (χ1) is 13.9. The molecular formula is C23H24N2O3S. The molecule has 2 fully saturated rings. The fraction of sp³-hybridized carbons (Fsp3) is 0.435. The number of ether oxygens (including phenoxy) is 1. The molecule has 0 amide bonds. The molecule has 5 rings (SSSR count). The van der Waals surface area contributed by atoms with Crippen LogP contribution in [0.5, 0.6) is 0 Å². The quantitative estimate of drug-likeness (QED) is 0.607. The van der Waals surface area contributed by atoms with Crippen LogP contribution in [0.4, 0.5) is 0 Å². The summed E-state index contributed by atoms with van der Waals surface area (Å²) < 4.78 is 6.20. The number of aliphatic hydroxyl groups is 1. The number of ketones is 1. The minimum atomic E-state index is -0.284. The lowest BCUT2D eigenvalue weighted by Gasteiger charge is -2.27. The third kappa shape index (κ3) is 2.69. The monoisotopic (exact) mass is 408 g/mol. The van der Waals surface area contributed by atoms with E-state index in [1.54, 1.807) is 6.20 Å². The summed E-state index contributed by atoms with van der Waals surface area (Å²) in [5.41, 5.74) is 5.54. The lowest BCUT2D eigenvalue weighted by Crippen LogP contribution is -2.33. The van der Waals surface area contributed by atoms with Gasteiger partial charge in [0.2, 0.25) is 0 Å². The van der Waals surface area contributed by atoms with Crippen LogP contribution in [0.25, 0.3) is 5.57 Å². The zero-order valence-electron chi connectivity index (χ0n) is 17.0. The molecule has 1 aromatic heterocycles. The number of carbonyl (C=O) groups is 1. The number of benzene rings is 1. The Morgan fingerprint density at radius 2 is 1.90 bits per heavy atom. The molecular weight excluding hydrogens is 384 g/mol. The Balaban J connectivity index is 1.56. The van der Waals surface area contributed by atoms with Crippen LogP contribution < -0.4 is 0 Å². The van der Waals surface area contributed by atoms with Gasteiger partial charge in [-0.1, -0.05) is 29.5 Å². The molecule has 3 aliphatic rings. The van der Waals surface area contributed by atoms with E-state index in [4.69, 9.17) is 4.74 Å². The molecule has 5 nitrogen and oxygen atoms in total. The molecule has 2 saturated heterocycles. The number of rotatable bonds is 3. The number of thioether (sulfide) groups is 1. The predicted molar refractivity (Wildman–Crippen MR) is 112 cm³/mol. The van der Waals surface area contributed by atoms with Crippen molar-refractivity contribution in [3.05, 3.63) is 58.1 Å². The molecule has 2 aromatic rings. The maximum Gasteiger partial charge on any atom is 0.187 e. The number of nitrogens with zero attached hydrogens (tertiary/aromatic N) is 2. The summed E-state index contributed by atoms with van der Waals surface area (Å²) in [5.74, 6) is -0.265. The Morgan fingerprint density at radius 3 is 2.59 bits per heavy atom. The Bertz CT molecular complexity index is 1040. The van der Waals surface area contributed by atoms with Crippen molar-refractivity contribution in [2.24, 2.45) is 11.8 Å². The SMILES string of the molecule is CSc1nccc([C@@H]2C[C@@H]3O[C@H]2[C@H]2C(O)=C(c4c(C)cc(C)cc4C)C(=O)[C@H]23)n1. The first-order valence-corrected chi connectivity index (χ1v) is 11.2. The van der Waals surface area contributed by atoms with Crippen molar-refractivity contribution in [2.45, 2.75) is 50.5 Å². The van der Waals surface area contributed by atoms with Gasteiger partial charge in [-0.3, -0.25) is 4.79 Å². The van der Waals surface area contributed by atoms with Crippen molar-refractivity contribution in [1.29, 1.82) is 0 Å². The second kappa shape index (κ2) is 6.67. The van der Waals surface area contributed by atoms with Gasteiger partial charge in [0.1, 0.15) is 5.76 Å². The van der Waals surface area contributed by atoms with Crippen molar-refractivity contribution < 1.29 is 14.6 Å². The average Bonchev–Trinajstić information content (AvgIpc) is 3.34. The van der Waals surface area contributed by atoms with Crippen LogP contribution in [-0.4, -0.2) is 39.3 Å². The van der Waals surface area contributed by atoms with Crippen LogP contribution in [0, 0.1) is 32.6 Å². The number of aromatic nitrogens is 2. The number of fused-ring (bicyclic) bond motifs is 5. The number of Topliss-reactive ketones (excluding diaryl/α,β-unsaturated/α-hetero) is 1. The minimum absolute atomic E-state index is 0.0287. The highest BCUT2D eigenvalue weighted by Gasteiger charge is 2.63. The van der Waals surface area contributed by atoms with E-state index in [2.05, 4.69) is 22.1 Å². The molecule has 1 N–H and O–H groups in total. The zero-order chi connectivity index (χ0) is 20.4. The highest BCUT2D eigenvalue weighted by molar-refractivity contribution is 7.98. The van der Waals surface area contributed by atoms with E-state index in [1.165, 1.54) is 11.8 Å². The van der Waals surface area contributed by atoms with Crippen LogP contribution in [0.15, 0.2) is 35.3 Å². The minimum Gasteiger partial charge on any atom is -0.511 e. The van der Waals surface area contributed by atoms with Gasteiger partial charge in [-0.2, -0.15) is 0 Å². The topological polar surface area (TPSA) is 72.3 Å². The van der Waals surface area contributed by atoms with E-state index in [0.717, 1.165) is 39.5 Å². The number of aryl methyl sites for hydroxylation is 3. The van der Waals surface area contributed by atoms with Gasteiger partial charge < -0.3 is 9.84 Å². The molecule has 0 saturated carbocycles. The van der Waals surface area contributed by atoms with Crippen LogP contribution in [-0.2, 0) is 9.53 Å². The third-order valence-corrected chi connectivity index (χ3v) is 7.18. The molecule has 0 spiro atoms. The summed E-state index contributed by atoms with van der Waals surface area (Å²) >= 11 is 1.51. The van der Waals surface area contributed by atoms with Gasteiger partial charge in [-0.25, -0.2) is 9.97 Å². The lowest BCUT2D eigenvalue weighted by molar-refractivity contribution is -0.118. The van der Waals surface area contributed by atoms with Crippen molar-refractivity contribution in [1.82, 2.24) is 9.97 Å². The Kier molecular flexibility index (Phi) is 4.33. The maximum atomic E-state index is 13.4. The summed E-state index contributed by atoms with van der Waals surface area (Å²) in [5, 5.41) is 12.0. The van der Waals surface area contributed by atoms with Crippen LogP contribution >= 0.6 is 11.8 Å². The molecule has 150 valence electrons. The van der Waals surface area contributed by atoms with Gasteiger partial charge >= 0.3 is 0 Å². The van der Waals surface area contributed by atoms with Crippen molar-refractivity contribution in [3.8, 4) is 0 Å². The fourth-order valence-electron chi connectivity index (χ4n) is 5.63. The number of hydrogen-bond acceptors (Lipinski definition) is 6. The van der Waals surface area contributed by atoms with E-state index in [1.807, 2.05) is 33.1 Å². The summed E-state index contributed by atoms with van der Waals surface area (Å²) in [6.45, 7) is 6.07. The van der Waals surface area contributed by atoms with E-state index in [0.29, 0.717) is 5.57 Å². The van der Waals surface area contributed by atoms with E-state index in [-0.39, 0.29) is 41.5 Å². The molecule has 0 radical (unpaired) electrons. The Labute approximate surface area is 174 Å². The van der Waals surface area contributed by atoms with E-state index >= 15 is 0 Å². The Hall–Kier alpha value is -2.18. The number of carbonyl (C=O) groups excluding carboxylic acids is 1. The molecule has 3 heterocycles. The fourth-order valence-corrected chi connectivity index (χ4v) is 5.99. The molecule has 2 bridgehead atoms. The molecule has 1 aromatic carbocycles. The van der Waals surface area contributed by atoms with Crippen molar-refractivity contribution in [2.75, 3.05) is 6.26 Å². The predicted octanol–water partition coefficient (Wildman–Crippen LogP) is 4.16. The van der Waals surface area contributed by atoms with Gasteiger partial charge in [0.15, 0.2) is 10.9 Å². The second-order valence-corrected chi connectivity index (χ2v) is 9.17. The molecule has 6 heteroatoms. The summed E-state index contributed by atoms with van der Waals surface area (Å²) in [6, 6.07) is 6.07. The normalized spacial score (nSPS) is 30.3. The van der Waals surface area contributed by atoms with Gasteiger partial charge in [0.25, 0.3) is 0 Å². The largest absolute Gasteiger partial charge is 0.511 e. The number of hydrogen-bond donors (Lipinski definition) is 1. The van der Waals surface area contributed by atoms with Crippen molar-refractivity contribution in [3.63, 3.8) is 0 Å². The van der Waals surface area contributed by atoms with Crippen LogP contribution in [0.3, 0.4) is 0 Å². The summed E-state index contributed by atoms with van der Waals surface area (Å²) in [6.07, 6.45) is 4.10. The lowest BCUT2D eigenvalue weighted by atomic mass is 9.73. The average molecular weight is 409 g/mol. The molecule has 2 aliphatic heterocycles. The van der Waals surface area contributed by atoms with Gasteiger partial charge in [-0.05, 0) is 56.2 Å². The van der Waals surface area contributed by atoms with Crippen molar-refractivity contribution >= 4 is 23.1 Å². The van der Waals surface area contributed by atoms with E-state index < -0.39 is 0 Å². The highest BCUT2D eigenvalue weighted by atomic mass is 32.2. The second-order valence-electron chi connectivity index (χ2n) is 8.40. The van der Waals surface area contributed by atoms with Crippen LogP contribution in [0.2, 0.25) is 0 Å². The highest BCUT2D eigenvalue weighted by Crippen LogP contribution is 2.58. The maximum absolute atomic E-state index is 13.4. The summed E-state index contributed by atoms with van der Waals surface area (Å²) in [7, 11) is 0.